The minimum Gasteiger partial charge on any atom is -0.476 e. The summed E-state index contributed by atoms with van der Waals surface area (Å²) >= 11 is 6.31. The zero-order valence-corrected chi connectivity index (χ0v) is 21.8. The first-order valence-electron chi connectivity index (χ1n) is 12.1. The van der Waals surface area contributed by atoms with E-state index in [4.69, 9.17) is 16.3 Å². The van der Waals surface area contributed by atoms with Gasteiger partial charge in [-0.05, 0) is 36.4 Å². The lowest BCUT2D eigenvalue weighted by molar-refractivity contribution is -0.385. The van der Waals surface area contributed by atoms with Crippen LogP contribution in [0.5, 0.6) is 5.75 Å². The SMILES string of the molecule is O=C(COc1c(Cl)cc(C=Nn2c(-c3ccccc3)nc3ccccc3c2=O)cc1[N+](=O)[O-])Nc1cccc(F)c1. The van der Waals surface area contributed by atoms with Gasteiger partial charge in [-0.1, -0.05) is 60.1 Å². The molecule has 0 aliphatic rings. The van der Waals surface area contributed by atoms with Crippen LogP contribution in [0.1, 0.15) is 5.56 Å². The van der Waals surface area contributed by atoms with Crippen molar-refractivity contribution >= 4 is 46.0 Å². The van der Waals surface area contributed by atoms with Gasteiger partial charge >= 0.3 is 5.69 Å². The van der Waals surface area contributed by atoms with Crippen LogP contribution >= 0.6 is 11.6 Å². The summed E-state index contributed by atoms with van der Waals surface area (Å²) in [6, 6.07) is 23.5. The number of hydrogen-bond acceptors (Lipinski definition) is 7. The molecule has 0 bridgehead atoms. The molecule has 0 unspecified atom stereocenters. The van der Waals surface area contributed by atoms with E-state index in [1.807, 2.05) is 6.07 Å². The lowest BCUT2D eigenvalue weighted by Crippen LogP contribution is -2.21. The number of anilines is 1. The summed E-state index contributed by atoms with van der Waals surface area (Å²) in [6.07, 6.45) is 1.24. The van der Waals surface area contributed by atoms with Gasteiger partial charge in [-0.2, -0.15) is 9.78 Å². The van der Waals surface area contributed by atoms with Crippen LogP contribution in [0.2, 0.25) is 5.02 Å². The van der Waals surface area contributed by atoms with E-state index in [1.54, 1.807) is 48.5 Å². The van der Waals surface area contributed by atoms with Crippen molar-refractivity contribution in [2.24, 2.45) is 5.10 Å². The van der Waals surface area contributed by atoms with Crippen molar-refractivity contribution in [2.45, 2.75) is 0 Å². The average Bonchev–Trinajstić information content (AvgIpc) is 2.96. The molecule has 12 heteroatoms. The molecule has 0 atom stereocenters. The third-order valence-electron chi connectivity index (χ3n) is 5.81. The van der Waals surface area contributed by atoms with E-state index in [1.165, 1.54) is 30.5 Å². The number of ether oxygens (including phenoxy) is 1. The summed E-state index contributed by atoms with van der Waals surface area (Å²) in [7, 11) is 0. The number of carbonyl (C=O) groups excluding carboxylic acids is 1. The first-order chi connectivity index (χ1) is 19.8. The zero-order chi connectivity index (χ0) is 28.9. The number of carbonyl (C=O) groups is 1. The number of nitrogens with zero attached hydrogens (tertiary/aromatic N) is 4. The molecule has 1 aromatic heterocycles. The second-order valence-electron chi connectivity index (χ2n) is 8.64. The molecule has 5 rings (SSSR count). The Balaban J connectivity index is 1.46. The predicted molar refractivity (Wildman–Crippen MR) is 153 cm³/mol. The summed E-state index contributed by atoms with van der Waals surface area (Å²) in [5.74, 6) is -1.28. The number of hydrogen-bond donors (Lipinski definition) is 1. The normalized spacial score (nSPS) is 11.1. The summed E-state index contributed by atoms with van der Waals surface area (Å²) < 4.78 is 19.8. The van der Waals surface area contributed by atoms with E-state index in [0.717, 1.165) is 16.8 Å². The van der Waals surface area contributed by atoms with Crippen LogP contribution in [-0.2, 0) is 4.79 Å². The van der Waals surface area contributed by atoms with Crippen molar-refractivity contribution in [3.8, 4) is 17.1 Å². The summed E-state index contributed by atoms with van der Waals surface area (Å²) in [5, 5.41) is 18.7. The Morgan fingerprint density at radius 1 is 1.07 bits per heavy atom. The molecule has 0 fully saturated rings. The Kier molecular flexibility index (Phi) is 7.79. The second kappa shape index (κ2) is 11.8. The molecule has 0 aliphatic carbocycles. The molecule has 0 saturated heterocycles. The Morgan fingerprint density at radius 3 is 2.59 bits per heavy atom. The highest BCUT2D eigenvalue weighted by atomic mass is 35.5. The predicted octanol–water partition coefficient (Wildman–Crippen LogP) is 5.66. The van der Waals surface area contributed by atoms with Crippen molar-refractivity contribution in [3.63, 3.8) is 0 Å². The average molecular weight is 572 g/mol. The molecule has 0 radical (unpaired) electrons. The molecule has 4 aromatic carbocycles. The molecule has 1 N–H and O–H groups in total. The highest BCUT2D eigenvalue weighted by Gasteiger charge is 2.22. The lowest BCUT2D eigenvalue weighted by atomic mass is 10.2. The number of benzene rings is 4. The van der Waals surface area contributed by atoms with Gasteiger partial charge in [-0.15, -0.1) is 0 Å². The quantitative estimate of drug-likeness (QED) is 0.145. The Bertz CT molecular complexity index is 1880. The van der Waals surface area contributed by atoms with Gasteiger partial charge in [0.15, 0.2) is 12.4 Å². The Labute approximate surface area is 236 Å². The summed E-state index contributed by atoms with van der Waals surface area (Å²) in [6.45, 7) is -0.622. The number of fused-ring (bicyclic) bond motifs is 1. The monoisotopic (exact) mass is 571 g/mol. The van der Waals surface area contributed by atoms with Crippen molar-refractivity contribution in [1.82, 2.24) is 9.66 Å². The van der Waals surface area contributed by atoms with Crippen LogP contribution in [0.4, 0.5) is 15.8 Å². The maximum absolute atomic E-state index is 13.4. The van der Waals surface area contributed by atoms with Crippen LogP contribution in [-0.4, -0.2) is 33.3 Å². The molecule has 41 heavy (non-hydrogen) atoms. The minimum absolute atomic E-state index is 0.161. The van der Waals surface area contributed by atoms with Crippen LogP contribution < -0.4 is 15.6 Å². The zero-order valence-electron chi connectivity index (χ0n) is 21.0. The number of nitro groups is 1. The number of aromatic nitrogens is 2. The molecular formula is C29H19ClFN5O5. The fourth-order valence-electron chi connectivity index (χ4n) is 3.98. The number of rotatable bonds is 8. The van der Waals surface area contributed by atoms with Crippen LogP contribution in [0, 0.1) is 15.9 Å². The smallest absolute Gasteiger partial charge is 0.313 e. The molecular weight excluding hydrogens is 553 g/mol. The number of para-hydroxylation sites is 1. The molecule has 5 aromatic rings. The van der Waals surface area contributed by atoms with Crippen molar-refractivity contribution in [3.05, 3.63) is 128 Å². The number of nitro benzene ring substituents is 1. The van der Waals surface area contributed by atoms with E-state index in [0.29, 0.717) is 16.5 Å². The molecule has 0 aliphatic heterocycles. The van der Waals surface area contributed by atoms with Gasteiger partial charge in [0.25, 0.3) is 11.5 Å². The first-order valence-corrected chi connectivity index (χ1v) is 12.5. The fraction of sp³-hybridized carbons (Fsp3) is 0.0345. The Hall–Kier alpha value is -5.42. The maximum Gasteiger partial charge on any atom is 0.313 e. The van der Waals surface area contributed by atoms with Gasteiger partial charge in [0, 0.05) is 22.9 Å². The van der Waals surface area contributed by atoms with Gasteiger partial charge in [0.2, 0.25) is 5.75 Å². The number of amides is 1. The van der Waals surface area contributed by atoms with Gasteiger partial charge in [-0.25, -0.2) is 9.37 Å². The molecule has 1 amide bonds. The largest absolute Gasteiger partial charge is 0.476 e. The van der Waals surface area contributed by atoms with Crippen molar-refractivity contribution in [1.29, 1.82) is 0 Å². The molecule has 1 heterocycles. The van der Waals surface area contributed by atoms with E-state index < -0.39 is 34.5 Å². The van der Waals surface area contributed by atoms with Crippen molar-refractivity contribution < 1.29 is 18.8 Å². The number of nitrogens with one attached hydrogen (secondary N) is 1. The summed E-state index contributed by atoms with van der Waals surface area (Å²) in [4.78, 5) is 41.3. The van der Waals surface area contributed by atoms with Gasteiger partial charge < -0.3 is 10.1 Å². The van der Waals surface area contributed by atoms with Crippen LogP contribution in [0.3, 0.4) is 0 Å². The second-order valence-corrected chi connectivity index (χ2v) is 9.04. The molecule has 204 valence electrons. The Morgan fingerprint density at radius 2 is 1.83 bits per heavy atom. The molecule has 10 nitrogen and oxygen atoms in total. The van der Waals surface area contributed by atoms with Gasteiger partial charge in [0.05, 0.1) is 27.1 Å². The van der Waals surface area contributed by atoms with Crippen molar-refractivity contribution in [2.75, 3.05) is 11.9 Å². The fourth-order valence-corrected chi connectivity index (χ4v) is 4.26. The van der Waals surface area contributed by atoms with E-state index >= 15 is 0 Å². The van der Waals surface area contributed by atoms with E-state index in [-0.39, 0.29) is 27.8 Å². The molecule has 0 spiro atoms. The first kappa shape index (κ1) is 27.2. The minimum atomic E-state index is -0.720. The highest BCUT2D eigenvalue weighted by Crippen LogP contribution is 2.36. The number of halogens is 2. The lowest BCUT2D eigenvalue weighted by Gasteiger charge is -2.11. The maximum atomic E-state index is 13.4. The third kappa shape index (κ3) is 6.10. The van der Waals surface area contributed by atoms with E-state index in [9.17, 15) is 24.1 Å². The summed E-state index contributed by atoms with van der Waals surface area (Å²) in [5.41, 5.74) is 0.554. The topological polar surface area (TPSA) is 129 Å². The van der Waals surface area contributed by atoms with E-state index in [2.05, 4.69) is 15.4 Å². The molecule has 0 saturated carbocycles. The third-order valence-corrected chi connectivity index (χ3v) is 6.09. The van der Waals surface area contributed by atoms with Gasteiger partial charge in [0.1, 0.15) is 5.82 Å². The highest BCUT2D eigenvalue weighted by molar-refractivity contribution is 6.32. The van der Waals surface area contributed by atoms with Crippen LogP contribution in [0.15, 0.2) is 101 Å². The van der Waals surface area contributed by atoms with Crippen LogP contribution in [0.25, 0.3) is 22.3 Å². The van der Waals surface area contributed by atoms with Gasteiger partial charge in [-0.3, -0.25) is 19.7 Å². The standard InChI is InChI=1S/C29H19ClFN5O5/c30-23-13-18(14-25(36(39)40)27(23)41-17-26(37)33-21-10-6-9-20(31)15-21)16-32-35-28(19-7-2-1-3-8-19)34-24-12-5-4-11-22(24)29(35)38/h1-16H,17H2,(H,33,37).